The first kappa shape index (κ1) is 18.5. The van der Waals surface area contributed by atoms with Crippen LogP contribution in [0, 0.1) is 5.92 Å². The first-order chi connectivity index (χ1) is 12.5. The lowest BCUT2D eigenvalue weighted by Crippen LogP contribution is -2.28. The summed E-state index contributed by atoms with van der Waals surface area (Å²) in [7, 11) is 0. The summed E-state index contributed by atoms with van der Waals surface area (Å²) in [5.41, 5.74) is 0.841. The molecular weight excluding hydrogens is 348 g/mol. The monoisotopic (exact) mass is 372 g/mol. The molecule has 0 saturated carbocycles. The number of aromatic nitrogens is 2. The van der Waals surface area contributed by atoms with Crippen LogP contribution in [0.1, 0.15) is 32.7 Å². The molecular formula is C19H24N4O2S. The zero-order valence-corrected chi connectivity index (χ0v) is 16.1. The number of nitrogens with one attached hydrogen (secondary N) is 1. The molecule has 2 heterocycles. The highest BCUT2D eigenvalue weighted by Crippen LogP contribution is 2.28. The number of nitrogens with zero attached hydrogens (tertiary/aromatic N) is 3. The van der Waals surface area contributed by atoms with Crippen molar-refractivity contribution in [2.24, 2.45) is 5.92 Å². The fraction of sp³-hybridized carbons (Fsp3) is 0.421. The van der Waals surface area contributed by atoms with Gasteiger partial charge in [0.05, 0.1) is 18.2 Å². The van der Waals surface area contributed by atoms with Gasteiger partial charge in [0.25, 0.3) is 0 Å². The van der Waals surface area contributed by atoms with E-state index in [2.05, 4.69) is 24.3 Å². The molecule has 1 N–H and O–H groups in total. The number of anilines is 2. The molecule has 0 radical (unpaired) electrons. The summed E-state index contributed by atoms with van der Waals surface area (Å²) < 4.78 is 1.81. The van der Waals surface area contributed by atoms with Crippen LogP contribution in [0.5, 0.6) is 0 Å². The Morgan fingerprint density at radius 3 is 2.73 bits per heavy atom. The van der Waals surface area contributed by atoms with E-state index in [1.807, 2.05) is 35.2 Å². The summed E-state index contributed by atoms with van der Waals surface area (Å²) in [6.07, 6.45) is 4.85. The maximum Gasteiger partial charge on any atom is 0.230 e. The van der Waals surface area contributed by atoms with Gasteiger partial charge in [-0.05, 0) is 43.9 Å². The van der Waals surface area contributed by atoms with Crippen LogP contribution in [0.2, 0.25) is 0 Å². The smallest absolute Gasteiger partial charge is 0.230 e. The second-order valence-electron chi connectivity index (χ2n) is 6.51. The van der Waals surface area contributed by atoms with Crippen LogP contribution in [0.3, 0.4) is 0 Å². The molecule has 1 saturated heterocycles. The third-order valence-electron chi connectivity index (χ3n) is 4.81. The topological polar surface area (TPSA) is 67.2 Å². The van der Waals surface area contributed by atoms with Crippen LogP contribution in [0.15, 0.2) is 41.4 Å². The molecule has 7 heteroatoms. The average molecular weight is 372 g/mol. The van der Waals surface area contributed by atoms with Crippen molar-refractivity contribution in [1.82, 2.24) is 9.78 Å². The molecule has 26 heavy (non-hydrogen) atoms. The van der Waals surface area contributed by atoms with Crippen molar-refractivity contribution in [3.05, 3.63) is 36.5 Å². The minimum atomic E-state index is -0.358. The fourth-order valence-corrected chi connectivity index (χ4v) is 3.47. The predicted octanol–water partition coefficient (Wildman–Crippen LogP) is 3.57. The molecule has 1 aromatic carbocycles. The van der Waals surface area contributed by atoms with Crippen molar-refractivity contribution in [2.75, 3.05) is 23.0 Å². The summed E-state index contributed by atoms with van der Waals surface area (Å²) in [4.78, 5) is 27.9. The molecule has 6 nitrogen and oxygen atoms in total. The average Bonchev–Trinajstić information content (AvgIpc) is 3.27. The Balaban J connectivity index is 1.68. The highest BCUT2D eigenvalue weighted by molar-refractivity contribution is 7.98. The summed E-state index contributed by atoms with van der Waals surface area (Å²) in [5, 5.41) is 7.22. The summed E-state index contributed by atoms with van der Waals surface area (Å²) >= 11 is 1.66. The third kappa shape index (κ3) is 3.77. The van der Waals surface area contributed by atoms with Gasteiger partial charge in [0.15, 0.2) is 0 Å². The summed E-state index contributed by atoms with van der Waals surface area (Å²) in [5.74, 6) is 0.173. The number of hydrogen-bond donors (Lipinski definition) is 1. The maximum absolute atomic E-state index is 12.7. The Labute approximate surface area is 157 Å². The van der Waals surface area contributed by atoms with Crippen molar-refractivity contribution >= 4 is 35.1 Å². The minimum Gasteiger partial charge on any atom is -0.312 e. The molecule has 1 aliphatic heterocycles. The Bertz CT molecular complexity index is 787. The van der Waals surface area contributed by atoms with E-state index in [4.69, 9.17) is 0 Å². The largest absolute Gasteiger partial charge is 0.312 e. The molecule has 2 aromatic rings. The molecule has 138 valence electrons. The number of carbonyl (C=O) groups excluding carboxylic acids is 2. The van der Waals surface area contributed by atoms with Crippen molar-refractivity contribution < 1.29 is 9.59 Å². The van der Waals surface area contributed by atoms with Crippen molar-refractivity contribution in [3.8, 4) is 0 Å². The quantitative estimate of drug-likeness (QED) is 0.787. The lowest BCUT2D eigenvalue weighted by Gasteiger charge is -2.18. The number of rotatable bonds is 6. The second kappa shape index (κ2) is 7.95. The first-order valence-corrected chi connectivity index (χ1v) is 10.0. The van der Waals surface area contributed by atoms with Crippen LogP contribution in [-0.2, 0) is 9.59 Å². The number of amides is 2. The van der Waals surface area contributed by atoms with Crippen LogP contribution in [0.25, 0.3) is 0 Å². The van der Waals surface area contributed by atoms with Crippen molar-refractivity contribution in [2.45, 2.75) is 37.6 Å². The Morgan fingerprint density at radius 2 is 2.08 bits per heavy atom. The normalized spacial score (nSPS) is 18.2. The number of thioether (sulfide) groups is 1. The Morgan fingerprint density at radius 1 is 1.35 bits per heavy atom. The number of benzene rings is 1. The Hall–Kier alpha value is -2.28. The highest BCUT2D eigenvalue weighted by Gasteiger charge is 2.35. The van der Waals surface area contributed by atoms with Gasteiger partial charge < -0.3 is 10.2 Å². The van der Waals surface area contributed by atoms with Crippen molar-refractivity contribution in [1.29, 1.82) is 0 Å². The standard InChI is InChI=1S/C19H24N4O2S/c1-4-13(2)23-17(9-10-20-23)21-19(25)14-11-18(24)22(12-14)15-5-7-16(26-3)8-6-15/h5-10,13-14H,4,11-12H2,1-3H3,(H,21,25). The lowest BCUT2D eigenvalue weighted by molar-refractivity contribution is -0.122. The van der Waals surface area contributed by atoms with Gasteiger partial charge in [0.2, 0.25) is 11.8 Å². The first-order valence-electron chi connectivity index (χ1n) is 8.82. The van der Waals surface area contributed by atoms with Crippen LogP contribution >= 0.6 is 11.8 Å². The third-order valence-corrected chi connectivity index (χ3v) is 5.55. The molecule has 0 spiro atoms. The molecule has 0 bridgehead atoms. The summed E-state index contributed by atoms with van der Waals surface area (Å²) in [6, 6.07) is 9.84. The molecule has 3 rings (SSSR count). The van der Waals surface area contributed by atoms with E-state index >= 15 is 0 Å². The molecule has 1 fully saturated rings. The summed E-state index contributed by atoms with van der Waals surface area (Å²) in [6.45, 7) is 4.54. The zero-order chi connectivity index (χ0) is 18.7. The Kier molecular flexibility index (Phi) is 5.66. The lowest BCUT2D eigenvalue weighted by atomic mass is 10.1. The van der Waals surface area contributed by atoms with Gasteiger partial charge in [-0.15, -0.1) is 11.8 Å². The van der Waals surface area contributed by atoms with Gasteiger partial charge >= 0.3 is 0 Å². The van der Waals surface area contributed by atoms with E-state index in [9.17, 15) is 9.59 Å². The molecule has 1 aliphatic rings. The van der Waals surface area contributed by atoms with E-state index in [0.717, 1.165) is 17.0 Å². The van der Waals surface area contributed by atoms with Crippen LogP contribution in [0.4, 0.5) is 11.5 Å². The van der Waals surface area contributed by atoms with Gasteiger partial charge in [-0.1, -0.05) is 6.92 Å². The van der Waals surface area contributed by atoms with Gasteiger partial charge in [0.1, 0.15) is 5.82 Å². The van der Waals surface area contributed by atoms with E-state index in [1.54, 1.807) is 28.9 Å². The van der Waals surface area contributed by atoms with Gasteiger partial charge in [-0.2, -0.15) is 5.10 Å². The second-order valence-corrected chi connectivity index (χ2v) is 7.39. The number of carbonyl (C=O) groups is 2. The predicted molar refractivity (Wildman–Crippen MR) is 105 cm³/mol. The van der Waals surface area contributed by atoms with E-state index < -0.39 is 0 Å². The van der Waals surface area contributed by atoms with Crippen molar-refractivity contribution in [3.63, 3.8) is 0 Å². The van der Waals surface area contributed by atoms with Gasteiger partial charge in [-0.3, -0.25) is 9.59 Å². The zero-order valence-electron chi connectivity index (χ0n) is 15.3. The maximum atomic E-state index is 12.7. The van der Waals surface area contributed by atoms with E-state index in [-0.39, 0.29) is 30.2 Å². The molecule has 2 atom stereocenters. The van der Waals surface area contributed by atoms with Crippen LogP contribution in [-0.4, -0.2) is 34.4 Å². The fourth-order valence-electron chi connectivity index (χ4n) is 3.06. The van der Waals surface area contributed by atoms with E-state index in [1.165, 1.54) is 0 Å². The molecule has 2 unspecified atom stereocenters. The molecule has 1 aromatic heterocycles. The van der Waals surface area contributed by atoms with Gasteiger partial charge in [-0.25, -0.2) is 4.68 Å². The van der Waals surface area contributed by atoms with Gasteiger partial charge in [0, 0.05) is 29.6 Å². The molecule has 0 aliphatic carbocycles. The SMILES string of the molecule is CCC(C)n1nccc1NC(=O)C1CC(=O)N(c2ccc(SC)cc2)C1. The minimum absolute atomic E-state index is 0.0162. The molecule has 2 amide bonds. The van der Waals surface area contributed by atoms with Crippen LogP contribution < -0.4 is 10.2 Å². The van der Waals surface area contributed by atoms with E-state index in [0.29, 0.717) is 12.4 Å². The number of hydrogen-bond acceptors (Lipinski definition) is 4. The highest BCUT2D eigenvalue weighted by atomic mass is 32.2.